The molecule has 0 saturated heterocycles. The molecule has 17 heavy (non-hydrogen) atoms. The van der Waals surface area contributed by atoms with Crippen LogP contribution in [0.15, 0.2) is 18.2 Å². The summed E-state index contributed by atoms with van der Waals surface area (Å²) in [5.74, 6) is 1.12. The smallest absolute Gasteiger partial charge is 0.166 e. The van der Waals surface area contributed by atoms with E-state index in [9.17, 15) is 4.79 Å². The van der Waals surface area contributed by atoms with Crippen molar-refractivity contribution in [1.82, 2.24) is 0 Å². The highest BCUT2D eigenvalue weighted by Gasteiger charge is 2.12. The molecule has 1 rings (SSSR count). The third kappa shape index (κ3) is 4.57. The van der Waals surface area contributed by atoms with Gasteiger partial charge in [0, 0.05) is 17.3 Å². The van der Waals surface area contributed by atoms with Crippen molar-refractivity contribution in [3.63, 3.8) is 0 Å². The Hall–Kier alpha value is -0.730. The minimum absolute atomic E-state index is 0.0271. The summed E-state index contributed by atoms with van der Waals surface area (Å²) in [6.45, 7) is 2.61. The number of carbonyl (C=O) groups excluding carboxylic acids is 1. The van der Waals surface area contributed by atoms with Crippen molar-refractivity contribution in [2.75, 3.05) is 12.5 Å². The third-order valence-corrected chi connectivity index (χ3v) is 2.74. The maximum absolute atomic E-state index is 11.9. The lowest BCUT2D eigenvalue weighted by atomic mass is 10.1. The molecule has 0 saturated carbocycles. The van der Waals surface area contributed by atoms with Crippen LogP contribution in [0.25, 0.3) is 0 Å². The van der Waals surface area contributed by atoms with Crippen molar-refractivity contribution in [2.45, 2.75) is 26.2 Å². The molecule has 0 bridgehead atoms. The Labute approximate surface area is 112 Å². The van der Waals surface area contributed by atoms with Gasteiger partial charge in [-0.2, -0.15) is 0 Å². The van der Waals surface area contributed by atoms with Crippen LogP contribution in [0.5, 0.6) is 5.75 Å². The van der Waals surface area contributed by atoms with E-state index in [4.69, 9.17) is 27.9 Å². The Kier molecular flexibility index (Phi) is 6.38. The van der Waals surface area contributed by atoms with Crippen molar-refractivity contribution in [2.24, 2.45) is 0 Å². The molecular formula is C13H16Cl2O2. The largest absolute Gasteiger partial charge is 0.493 e. The van der Waals surface area contributed by atoms with Gasteiger partial charge in [-0.1, -0.05) is 18.5 Å². The van der Waals surface area contributed by atoms with Crippen molar-refractivity contribution < 1.29 is 9.53 Å². The molecule has 0 heterocycles. The van der Waals surface area contributed by atoms with Gasteiger partial charge < -0.3 is 4.74 Å². The summed E-state index contributed by atoms with van der Waals surface area (Å²) in [4.78, 5) is 11.9. The molecule has 0 aliphatic carbocycles. The maximum Gasteiger partial charge on any atom is 0.166 e. The average molecular weight is 275 g/mol. The summed E-state index contributed by atoms with van der Waals surface area (Å²) in [7, 11) is 0. The molecule has 4 heteroatoms. The standard InChI is InChI=1S/C13H16Cl2O2/c1-2-8-17-13-6-5-10(15)9-11(13)12(16)4-3-7-14/h5-6,9H,2-4,7-8H2,1H3. The van der Waals surface area contributed by atoms with Gasteiger partial charge in [0.05, 0.1) is 12.2 Å². The van der Waals surface area contributed by atoms with E-state index in [-0.39, 0.29) is 5.78 Å². The first-order valence-corrected chi connectivity index (χ1v) is 6.61. The van der Waals surface area contributed by atoms with Crippen molar-refractivity contribution in [3.8, 4) is 5.75 Å². The lowest BCUT2D eigenvalue weighted by Gasteiger charge is -2.10. The third-order valence-electron chi connectivity index (χ3n) is 2.24. The summed E-state index contributed by atoms with van der Waals surface area (Å²) in [6.07, 6.45) is 1.99. The van der Waals surface area contributed by atoms with E-state index in [0.29, 0.717) is 41.7 Å². The number of ether oxygens (including phenoxy) is 1. The van der Waals surface area contributed by atoms with Crippen LogP contribution < -0.4 is 4.74 Å². The normalized spacial score (nSPS) is 10.3. The van der Waals surface area contributed by atoms with Gasteiger partial charge in [-0.25, -0.2) is 0 Å². The Bertz CT molecular complexity index is 378. The van der Waals surface area contributed by atoms with E-state index in [1.54, 1.807) is 18.2 Å². The Balaban J connectivity index is 2.85. The number of alkyl halides is 1. The Morgan fingerprint density at radius 3 is 2.82 bits per heavy atom. The molecule has 0 aliphatic heterocycles. The van der Waals surface area contributed by atoms with E-state index >= 15 is 0 Å². The summed E-state index contributed by atoms with van der Waals surface area (Å²) < 4.78 is 5.53. The molecule has 0 spiro atoms. The second-order valence-corrected chi connectivity index (χ2v) is 4.52. The van der Waals surface area contributed by atoms with Crippen LogP contribution in [0.2, 0.25) is 5.02 Å². The lowest BCUT2D eigenvalue weighted by molar-refractivity contribution is 0.0978. The molecule has 0 atom stereocenters. The second kappa shape index (κ2) is 7.57. The second-order valence-electron chi connectivity index (χ2n) is 3.70. The number of ketones is 1. The molecule has 0 radical (unpaired) electrons. The molecule has 1 aromatic rings. The highest BCUT2D eigenvalue weighted by Crippen LogP contribution is 2.24. The van der Waals surface area contributed by atoms with Crippen LogP contribution in [0.1, 0.15) is 36.5 Å². The molecule has 0 unspecified atom stereocenters. The minimum Gasteiger partial charge on any atom is -0.493 e. The summed E-state index contributed by atoms with van der Waals surface area (Å²) in [5, 5.41) is 0.545. The first-order valence-electron chi connectivity index (χ1n) is 5.70. The molecule has 0 N–H and O–H groups in total. The predicted molar refractivity (Wildman–Crippen MR) is 71.5 cm³/mol. The molecule has 1 aromatic carbocycles. The van der Waals surface area contributed by atoms with Crippen LogP contribution in [-0.4, -0.2) is 18.3 Å². The van der Waals surface area contributed by atoms with Crippen LogP contribution in [0.3, 0.4) is 0 Å². The van der Waals surface area contributed by atoms with E-state index < -0.39 is 0 Å². The fourth-order valence-electron chi connectivity index (χ4n) is 1.42. The van der Waals surface area contributed by atoms with Gasteiger partial charge in [-0.05, 0) is 31.0 Å². The number of rotatable bonds is 7. The number of Topliss-reactive ketones (excluding diaryl/α,β-unsaturated/α-hetero) is 1. The maximum atomic E-state index is 11.9. The first kappa shape index (κ1) is 14.3. The minimum atomic E-state index is 0.0271. The monoisotopic (exact) mass is 274 g/mol. The van der Waals surface area contributed by atoms with E-state index in [1.807, 2.05) is 6.92 Å². The number of carbonyl (C=O) groups is 1. The van der Waals surface area contributed by atoms with Crippen molar-refractivity contribution in [3.05, 3.63) is 28.8 Å². The van der Waals surface area contributed by atoms with Crippen molar-refractivity contribution >= 4 is 29.0 Å². The highest BCUT2D eigenvalue weighted by molar-refractivity contribution is 6.31. The zero-order valence-electron chi connectivity index (χ0n) is 9.84. The molecule has 0 fully saturated rings. The first-order chi connectivity index (χ1) is 8.19. The number of hydrogen-bond donors (Lipinski definition) is 0. The number of hydrogen-bond acceptors (Lipinski definition) is 2. The SMILES string of the molecule is CCCOc1ccc(Cl)cc1C(=O)CCCCl. The lowest BCUT2D eigenvalue weighted by Crippen LogP contribution is -2.05. The quantitative estimate of drug-likeness (QED) is 0.547. The van der Waals surface area contributed by atoms with E-state index in [1.165, 1.54) is 0 Å². The summed E-state index contributed by atoms with van der Waals surface area (Å²) >= 11 is 11.5. The zero-order valence-corrected chi connectivity index (χ0v) is 11.4. The number of halogens is 2. The van der Waals surface area contributed by atoms with Gasteiger partial charge in [0.25, 0.3) is 0 Å². The predicted octanol–water partition coefficient (Wildman–Crippen LogP) is 4.33. The van der Waals surface area contributed by atoms with E-state index in [2.05, 4.69) is 0 Å². The fourth-order valence-corrected chi connectivity index (χ4v) is 1.73. The van der Waals surface area contributed by atoms with Gasteiger partial charge in [0.15, 0.2) is 5.78 Å². The van der Waals surface area contributed by atoms with Gasteiger partial charge in [-0.3, -0.25) is 4.79 Å². The molecule has 0 amide bonds. The van der Waals surface area contributed by atoms with Crippen LogP contribution in [-0.2, 0) is 0 Å². The van der Waals surface area contributed by atoms with Crippen molar-refractivity contribution in [1.29, 1.82) is 0 Å². The van der Waals surface area contributed by atoms with Gasteiger partial charge in [0.1, 0.15) is 5.75 Å². The Morgan fingerprint density at radius 2 is 2.18 bits per heavy atom. The topological polar surface area (TPSA) is 26.3 Å². The average Bonchev–Trinajstić information content (AvgIpc) is 2.34. The molecule has 0 aliphatic rings. The molecule has 0 aromatic heterocycles. The van der Waals surface area contributed by atoms with Crippen LogP contribution >= 0.6 is 23.2 Å². The van der Waals surface area contributed by atoms with Crippen LogP contribution in [0.4, 0.5) is 0 Å². The van der Waals surface area contributed by atoms with E-state index in [0.717, 1.165) is 6.42 Å². The van der Waals surface area contributed by atoms with Gasteiger partial charge in [-0.15, -0.1) is 11.6 Å². The molecular weight excluding hydrogens is 259 g/mol. The Morgan fingerprint density at radius 1 is 1.41 bits per heavy atom. The molecule has 2 nitrogen and oxygen atoms in total. The van der Waals surface area contributed by atoms with Crippen LogP contribution in [0, 0.1) is 0 Å². The molecule has 94 valence electrons. The van der Waals surface area contributed by atoms with Gasteiger partial charge in [0.2, 0.25) is 0 Å². The summed E-state index contributed by atoms with van der Waals surface area (Å²) in [6, 6.07) is 5.12. The zero-order chi connectivity index (χ0) is 12.7. The van der Waals surface area contributed by atoms with Gasteiger partial charge >= 0.3 is 0 Å². The fraction of sp³-hybridized carbons (Fsp3) is 0.462. The highest BCUT2D eigenvalue weighted by atomic mass is 35.5. The number of benzene rings is 1. The summed E-state index contributed by atoms with van der Waals surface area (Å²) in [5.41, 5.74) is 0.552.